The third-order valence-corrected chi connectivity index (χ3v) is 4.22. The van der Waals surface area contributed by atoms with E-state index in [2.05, 4.69) is 25.7 Å². The number of rotatable bonds is 4. The molecule has 0 bridgehead atoms. The largest absolute Gasteiger partial charge is 0.335 e. The van der Waals surface area contributed by atoms with Crippen molar-refractivity contribution in [1.29, 1.82) is 0 Å². The second kappa shape index (κ2) is 6.13. The zero-order valence-electron chi connectivity index (χ0n) is 12.4. The number of hydrogen-bond donors (Lipinski definition) is 1. The normalized spacial score (nSPS) is 10.8. The van der Waals surface area contributed by atoms with Crippen LogP contribution in [-0.2, 0) is 0 Å². The predicted octanol–water partition coefficient (Wildman–Crippen LogP) is 1.79. The monoisotopic (exact) mass is 336 g/mol. The highest BCUT2D eigenvalue weighted by Crippen LogP contribution is 2.27. The van der Waals surface area contributed by atoms with Crippen molar-refractivity contribution in [3.05, 3.63) is 60.7 Å². The number of benzene rings is 2. The van der Waals surface area contributed by atoms with Gasteiger partial charge in [-0.1, -0.05) is 48.5 Å². The van der Waals surface area contributed by atoms with Crippen LogP contribution in [0.4, 0.5) is 0 Å². The molecule has 24 heavy (non-hydrogen) atoms. The minimum absolute atomic E-state index is 0.501. The van der Waals surface area contributed by atoms with Crippen LogP contribution in [0.1, 0.15) is 0 Å². The van der Waals surface area contributed by atoms with Crippen molar-refractivity contribution in [3.8, 4) is 17.1 Å². The first-order valence-electron chi connectivity index (χ1n) is 7.10. The third kappa shape index (κ3) is 2.61. The Morgan fingerprint density at radius 3 is 2.25 bits per heavy atom. The number of hydrogen-bond acceptors (Lipinski definition) is 7. The first-order chi connectivity index (χ1) is 11.8. The highest BCUT2D eigenvalue weighted by Gasteiger charge is 2.17. The summed E-state index contributed by atoms with van der Waals surface area (Å²) in [5.41, 5.74) is 1.75. The fraction of sp³-hybridized carbons (Fsp3) is 0. The molecule has 0 aliphatic carbocycles. The molecule has 0 saturated heterocycles. The van der Waals surface area contributed by atoms with E-state index in [4.69, 9.17) is 5.84 Å². The van der Waals surface area contributed by atoms with E-state index in [1.54, 1.807) is 4.68 Å². The number of tetrazole rings is 1. The van der Waals surface area contributed by atoms with E-state index in [-0.39, 0.29) is 0 Å². The van der Waals surface area contributed by atoms with Crippen LogP contribution in [-0.4, -0.2) is 35.1 Å². The summed E-state index contributed by atoms with van der Waals surface area (Å²) in [6.45, 7) is 0. The van der Waals surface area contributed by atoms with Gasteiger partial charge >= 0.3 is 0 Å². The van der Waals surface area contributed by atoms with Crippen LogP contribution in [0.15, 0.2) is 71.0 Å². The predicted molar refractivity (Wildman–Crippen MR) is 88.9 cm³/mol. The van der Waals surface area contributed by atoms with Gasteiger partial charge in [-0.3, -0.25) is 0 Å². The topological polar surface area (TPSA) is 100 Å². The molecule has 0 aliphatic heterocycles. The lowest BCUT2D eigenvalue weighted by Crippen LogP contribution is -2.11. The summed E-state index contributed by atoms with van der Waals surface area (Å²) >= 11 is 1.25. The second-order valence-electron chi connectivity index (χ2n) is 4.85. The second-order valence-corrected chi connectivity index (χ2v) is 5.79. The van der Waals surface area contributed by atoms with E-state index in [9.17, 15) is 0 Å². The minimum atomic E-state index is 0.501. The third-order valence-electron chi connectivity index (χ3n) is 3.32. The van der Waals surface area contributed by atoms with E-state index >= 15 is 0 Å². The molecule has 0 saturated carbocycles. The van der Waals surface area contributed by atoms with Crippen molar-refractivity contribution < 1.29 is 0 Å². The molecule has 0 aliphatic rings. The molecule has 0 atom stereocenters. The zero-order chi connectivity index (χ0) is 16.4. The van der Waals surface area contributed by atoms with Crippen LogP contribution in [0.25, 0.3) is 17.1 Å². The lowest BCUT2D eigenvalue weighted by molar-refractivity contribution is 0.752. The average Bonchev–Trinajstić information content (AvgIpc) is 3.24. The van der Waals surface area contributed by atoms with Gasteiger partial charge in [-0.2, -0.15) is 4.68 Å². The molecule has 0 spiro atoms. The fourth-order valence-electron chi connectivity index (χ4n) is 2.19. The van der Waals surface area contributed by atoms with E-state index in [0.717, 1.165) is 11.3 Å². The van der Waals surface area contributed by atoms with Gasteiger partial charge in [0.15, 0.2) is 5.82 Å². The Kier molecular flexibility index (Phi) is 3.67. The number of para-hydroxylation sites is 1. The number of aromatic nitrogens is 7. The first kappa shape index (κ1) is 14.4. The highest BCUT2D eigenvalue weighted by atomic mass is 32.2. The quantitative estimate of drug-likeness (QED) is 0.567. The Labute approximate surface area is 141 Å². The van der Waals surface area contributed by atoms with Crippen molar-refractivity contribution >= 4 is 11.8 Å². The number of nitrogen functional groups attached to an aromatic ring is 1. The van der Waals surface area contributed by atoms with Crippen molar-refractivity contribution in [3.63, 3.8) is 0 Å². The number of nitrogens with zero attached hydrogens (tertiary/aromatic N) is 7. The maximum atomic E-state index is 6.13. The Balaban J connectivity index is 1.66. The summed E-state index contributed by atoms with van der Waals surface area (Å²) in [5, 5.41) is 21.1. The molecule has 0 amide bonds. The van der Waals surface area contributed by atoms with Crippen LogP contribution in [0.3, 0.4) is 0 Å². The molecule has 0 fully saturated rings. The van der Waals surface area contributed by atoms with Gasteiger partial charge in [0.25, 0.3) is 0 Å². The summed E-state index contributed by atoms with van der Waals surface area (Å²) in [7, 11) is 0. The molecule has 2 heterocycles. The molecule has 0 radical (unpaired) electrons. The lowest BCUT2D eigenvalue weighted by atomic mass is 10.2. The lowest BCUT2D eigenvalue weighted by Gasteiger charge is -2.04. The summed E-state index contributed by atoms with van der Waals surface area (Å²) in [6, 6.07) is 19.2. The molecule has 0 unspecified atom stereocenters. The SMILES string of the molecule is Nn1c(Sc2nnnn2-c2ccccc2)nnc1-c1ccccc1. The van der Waals surface area contributed by atoms with Crippen molar-refractivity contribution in [2.45, 2.75) is 10.3 Å². The molecule has 4 rings (SSSR count). The van der Waals surface area contributed by atoms with E-state index in [1.807, 2.05) is 60.7 Å². The summed E-state index contributed by atoms with van der Waals surface area (Å²) in [6.07, 6.45) is 0. The highest BCUT2D eigenvalue weighted by molar-refractivity contribution is 7.99. The first-order valence-corrected chi connectivity index (χ1v) is 7.92. The van der Waals surface area contributed by atoms with E-state index in [1.165, 1.54) is 16.4 Å². The summed E-state index contributed by atoms with van der Waals surface area (Å²) in [4.78, 5) is 0. The minimum Gasteiger partial charge on any atom is -0.335 e. The molecule has 118 valence electrons. The Morgan fingerprint density at radius 1 is 0.792 bits per heavy atom. The molecule has 2 aromatic carbocycles. The van der Waals surface area contributed by atoms with Gasteiger partial charge in [0.05, 0.1) is 5.69 Å². The Bertz CT molecular complexity index is 948. The maximum absolute atomic E-state index is 6.13. The van der Waals surface area contributed by atoms with Crippen molar-refractivity contribution in [1.82, 2.24) is 35.1 Å². The van der Waals surface area contributed by atoms with Gasteiger partial charge in [0, 0.05) is 5.56 Å². The molecule has 2 N–H and O–H groups in total. The van der Waals surface area contributed by atoms with E-state index in [0.29, 0.717) is 16.1 Å². The van der Waals surface area contributed by atoms with E-state index < -0.39 is 0 Å². The fourth-order valence-corrected chi connectivity index (χ4v) is 2.92. The molecule has 4 aromatic rings. The Morgan fingerprint density at radius 2 is 1.50 bits per heavy atom. The summed E-state index contributed by atoms with van der Waals surface area (Å²) < 4.78 is 3.06. The van der Waals surface area contributed by atoms with Gasteiger partial charge in [-0.25, -0.2) is 4.68 Å². The van der Waals surface area contributed by atoms with Crippen LogP contribution in [0, 0.1) is 0 Å². The van der Waals surface area contributed by atoms with Crippen molar-refractivity contribution in [2.75, 3.05) is 5.84 Å². The smallest absolute Gasteiger partial charge is 0.221 e. The van der Waals surface area contributed by atoms with Gasteiger partial charge in [0.1, 0.15) is 0 Å². The zero-order valence-corrected chi connectivity index (χ0v) is 13.2. The van der Waals surface area contributed by atoms with Gasteiger partial charge in [-0.05, 0) is 34.3 Å². The molecule has 9 heteroatoms. The Hall–Kier alpha value is -3.20. The molecular formula is C15H12N8S. The molecule has 2 aromatic heterocycles. The van der Waals surface area contributed by atoms with Crippen LogP contribution < -0.4 is 5.84 Å². The standard InChI is InChI=1S/C15H12N8S/c16-22-13(11-7-3-1-4-8-11)17-18-14(22)24-15-19-20-21-23(15)12-9-5-2-6-10-12/h1-10H,16H2. The van der Waals surface area contributed by atoms with Crippen LogP contribution in [0.5, 0.6) is 0 Å². The van der Waals surface area contributed by atoms with Gasteiger partial charge in [0.2, 0.25) is 10.3 Å². The van der Waals surface area contributed by atoms with Crippen LogP contribution >= 0.6 is 11.8 Å². The number of nitrogens with two attached hydrogens (primary N) is 1. The maximum Gasteiger partial charge on any atom is 0.221 e. The van der Waals surface area contributed by atoms with Gasteiger partial charge in [-0.15, -0.1) is 15.3 Å². The average molecular weight is 336 g/mol. The van der Waals surface area contributed by atoms with Crippen molar-refractivity contribution in [2.24, 2.45) is 0 Å². The summed E-state index contributed by atoms with van der Waals surface area (Å²) in [5.74, 6) is 6.71. The van der Waals surface area contributed by atoms with Gasteiger partial charge < -0.3 is 5.84 Å². The molecular weight excluding hydrogens is 324 g/mol. The molecule has 8 nitrogen and oxygen atoms in total. The van der Waals surface area contributed by atoms with Crippen LogP contribution in [0.2, 0.25) is 0 Å².